The maximum absolute atomic E-state index is 9.14. The largest absolute Gasteiger partial charge is 0.347 e. The average Bonchev–Trinajstić information content (AvgIpc) is 2.46. The number of aromatic nitrogens is 2. The predicted molar refractivity (Wildman–Crippen MR) is 75.6 cm³/mol. The monoisotopic (exact) mass is 253 g/mol. The molecule has 96 valence electrons. The van der Waals surface area contributed by atoms with Crippen LogP contribution in [0.2, 0.25) is 0 Å². The lowest BCUT2D eigenvalue weighted by atomic mass is 10.2. The lowest BCUT2D eigenvalue weighted by Crippen LogP contribution is -2.17. The molecule has 0 atom stereocenters. The molecule has 0 aliphatic rings. The molecule has 0 saturated heterocycles. The summed E-state index contributed by atoms with van der Waals surface area (Å²) in [6.45, 7) is 0. The van der Waals surface area contributed by atoms with Gasteiger partial charge in [0.15, 0.2) is 0 Å². The molecule has 0 N–H and O–H groups in total. The van der Waals surface area contributed by atoms with E-state index in [0.717, 1.165) is 11.5 Å². The van der Waals surface area contributed by atoms with E-state index < -0.39 is 0 Å². The Balaban J connectivity index is 2.42. The summed E-state index contributed by atoms with van der Waals surface area (Å²) in [5.74, 6) is 1.39. The first-order valence-corrected chi connectivity index (χ1v) is 5.86. The Morgan fingerprint density at radius 3 is 2.53 bits per heavy atom. The van der Waals surface area contributed by atoms with E-state index in [2.05, 4.69) is 16.0 Å². The highest BCUT2D eigenvalue weighted by Gasteiger charge is 2.11. The molecule has 19 heavy (non-hydrogen) atoms. The molecule has 0 radical (unpaired) electrons. The van der Waals surface area contributed by atoms with Crippen LogP contribution in [0, 0.1) is 11.3 Å². The third-order valence-corrected chi connectivity index (χ3v) is 2.76. The minimum atomic E-state index is 0.620. The topological polar surface area (TPSA) is 56.1 Å². The van der Waals surface area contributed by atoms with E-state index in [4.69, 9.17) is 5.26 Å². The van der Waals surface area contributed by atoms with Gasteiger partial charge in [0.1, 0.15) is 11.9 Å². The van der Waals surface area contributed by atoms with E-state index in [9.17, 15) is 0 Å². The normalized spacial score (nSPS) is 9.79. The third kappa shape index (κ3) is 2.63. The first-order valence-electron chi connectivity index (χ1n) is 5.86. The number of para-hydroxylation sites is 1. The van der Waals surface area contributed by atoms with Gasteiger partial charge >= 0.3 is 0 Å². The summed E-state index contributed by atoms with van der Waals surface area (Å²) in [7, 11) is 5.67. The molecule has 0 aliphatic carbocycles. The van der Waals surface area contributed by atoms with Crippen LogP contribution in [0.1, 0.15) is 5.56 Å². The fraction of sp³-hybridized carbons (Fsp3) is 0.214. The average molecular weight is 253 g/mol. The highest BCUT2D eigenvalue weighted by Crippen LogP contribution is 2.25. The van der Waals surface area contributed by atoms with Gasteiger partial charge in [0.25, 0.3) is 0 Å². The van der Waals surface area contributed by atoms with Crippen LogP contribution < -0.4 is 9.80 Å². The van der Waals surface area contributed by atoms with E-state index >= 15 is 0 Å². The van der Waals surface area contributed by atoms with Gasteiger partial charge in [0.05, 0.1) is 11.3 Å². The van der Waals surface area contributed by atoms with Gasteiger partial charge in [-0.2, -0.15) is 10.2 Å². The number of nitrogens with zero attached hydrogens (tertiary/aromatic N) is 5. The van der Waals surface area contributed by atoms with Gasteiger partial charge in [-0.15, -0.1) is 0 Å². The molecule has 0 spiro atoms. The van der Waals surface area contributed by atoms with E-state index in [1.807, 2.05) is 55.2 Å². The first kappa shape index (κ1) is 12.8. The zero-order valence-electron chi connectivity index (χ0n) is 11.2. The molecule has 0 bridgehead atoms. The van der Waals surface area contributed by atoms with E-state index in [1.165, 1.54) is 0 Å². The molecule has 2 aromatic rings. The number of hydrogen-bond acceptors (Lipinski definition) is 5. The summed E-state index contributed by atoms with van der Waals surface area (Å²) in [6.07, 6.45) is 1.71. The summed E-state index contributed by atoms with van der Waals surface area (Å²) in [4.78, 5) is 12.4. The van der Waals surface area contributed by atoms with Crippen molar-refractivity contribution in [1.82, 2.24) is 9.97 Å². The predicted octanol–water partition coefficient (Wildman–Crippen LogP) is 2.18. The van der Waals surface area contributed by atoms with Crippen molar-refractivity contribution in [3.8, 4) is 6.07 Å². The summed E-state index contributed by atoms with van der Waals surface area (Å²) >= 11 is 0. The van der Waals surface area contributed by atoms with Crippen molar-refractivity contribution in [3.05, 3.63) is 42.1 Å². The maximum Gasteiger partial charge on any atom is 0.226 e. The highest BCUT2D eigenvalue weighted by atomic mass is 15.3. The van der Waals surface area contributed by atoms with Gasteiger partial charge in [-0.3, -0.25) is 0 Å². The maximum atomic E-state index is 9.14. The molecule has 1 heterocycles. The second-order valence-electron chi connectivity index (χ2n) is 4.30. The lowest BCUT2D eigenvalue weighted by molar-refractivity contribution is 0.981. The molecule has 0 unspecified atom stereocenters. The second-order valence-corrected chi connectivity index (χ2v) is 4.30. The van der Waals surface area contributed by atoms with Crippen molar-refractivity contribution < 1.29 is 0 Å². The number of nitriles is 1. The molecular weight excluding hydrogens is 238 g/mol. The van der Waals surface area contributed by atoms with E-state index in [-0.39, 0.29) is 0 Å². The van der Waals surface area contributed by atoms with Crippen molar-refractivity contribution in [2.75, 3.05) is 30.9 Å². The molecule has 0 saturated carbocycles. The summed E-state index contributed by atoms with van der Waals surface area (Å²) in [5.41, 5.74) is 1.45. The van der Waals surface area contributed by atoms with Gasteiger partial charge in [0, 0.05) is 27.3 Å². The molecule has 0 aliphatic heterocycles. The van der Waals surface area contributed by atoms with Crippen LogP contribution >= 0.6 is 0 Å². The highest BCUT2D eigenvalue weighted by molar-refractivity contribution is 5.66. The zero-order valence-corrected chi connectivity index (χ0v) is 11.2. The second kappa shape index (κ2) is 5.36. The van der Waals surface area contributed by atoms with Crippen LogP contribution in [0.3, 0.4) is 0 Å². The van der Waals surface area contributed by atoms with Crippen LogP contribution in [-0.4, -0.2) is 31.1 Å². The van der Waals surface area contributed by atoms with Gasteiger partial charge in [-0.05, 0) is 18.2 Å². The Morgan fingerprint density at radius 1 is 1.11 bits per heavy atom. The molecule has 5 nitrogen and oxygen atoms in total. The quantitative estimate of drug-likeness (QED) is 0.839. The van der Waals surface area contributed by atoms with Crippen molar-refractivity contribution in [2.45, 2.75) is 0 Å². The molecule has 1 aromatic heterocycles. The van der Waals surface area contributed by atoms with Crippen LogP contribution in [0.25, 0.3) is 0 Å². The number of anilines is 3. The zero-order chi connectivity index (χ0) is 13.8. The van der Waals surface area contributed by atoms with Crippen molar-refractivity contribution in [1.29, 1.82) is 5.26 Å². The summed E-state index contributed by atoms with van der Waals surface area (Å²) in [5, 5.41) is 9.14. The Hall–Kier alpha value is -2.61. The smallest absolute Gasteiger partial charge is 0.226 e. The lowest BCUT2D eigenvalue weighted by Gasteiger charge is -2.20. The van der Waals surface area contributed by atoms with Gasteiger partial charge in [-0.1, -0.05) is 12.1 Å². The Labute approximate surface area is 112 Å². The van der Waals surface area contributed by atoms with Crippen LogP contribution in [0.4, 0.5) is 17.5 Å². The van der Waals surface area contributed by atoms with Crippen molar-refractivity contribution >= 4 is 17.5 Å². The first-order chi connectivity index (χ1) is 9.13. The van der Waals surface area contributed by atoms with Gasteiger partial charge < -0.3 is 9.80 Å². The summed E-state index contributed by atoms with van der Waals surface area (Å²) < 4.78 is 0. The van der Waals surface area contributed by atoms with E-state index in [1.54, 1.807) is 12.3 Å². The molecule has 5 heteroatoms. The van der Waals surface area contributed by atoms with Crippen molar-refractivity contribution in [2.24, 2.45) is 0 Å². The van der Waals surface area contributed by atoms with Crippen molar-refractivity contribution in [3.63, 3.8) is 0 Å². The minimum Gasteiger partial charge on any atom is -0.347 e. The van der Waals surface area contributed by atoms with Gasteiger partial charge in [-0.25, -0.2) is 4.98 Å². The van der Waals surface area contributed by atoms with Crippen LogP contribution in [0.15, 0.2) is 36.5 Å². The Morgan fingerprint density at radius 2 is 1.84 bits per heavy atom. The fourth-order valence-electron chi connectivity index (χ4n) is 1.73. The minimum absolute atomic E-state index is 0.620. The van der Waals surface area contributed by atoms with E-state index in [0.29, 0.717) is 11.5 Å². The summed E-state index contributed by atoms with van der Waals surface area (Å²) in [6, 6.07) is 11.5. The fourth-order valence-corrected chi connectivity index (χ4v) is 1.73. The van der Waals surface area contributed by atoms with Gasteiger partial charge in [0.2, 0.25) is 5.95 Å². The number of benzene rings is 1. The van der Waals surface area contributed by atoms with Crippen LogP contribution in [-0.2, 0) is 0 Å². The van der Waals surface area contributed by atoms with Crippen LogP contribution in [0.5, 0.6) is 0 Å². The molecule has 2 rings (SSSR count). The molecular formula is C14H15N5. The number of rotatable bonds is 3. The molecule has 0 amide bonds. The third-order valence-electron chi connectivity index (χ3n) is 2.76. The Kier molecular flexibility index (Phi) is 3.62. The molecule has 1 aromatic carbocycles. The Bertz CT molecular complexity index is 615. The standard InChI is InChI=1S/C14H15N5/c1-18(2)14-16-9-8-13(17-14)19(3)12-7-5-4-6-11(12)10-15/h4-9H,1-3H3. The number of hydrogen-bond donors (Lipinski definition) is 0. The SMILES string of the molecule is CN(C)c1nccc(N(C)c2ccccc2C#N)n1. The molecule has 0 fully saturated rings.